The molecule has 4 aromatic rings. The summed E-state index contributed by atoms with van der Waals surface area (Å²) in [4.78, 5) is 15.8. The Morgan fingerprint density at radius 1 is 0.921 bits per heavy atom. The number of carbonyl (C=O) groups is 1. The number of rotatable bonds is 10. The molecule has 198 valence electrons. The van der Waals surface area contributed by atoms with Crippen molar-refractivity contribution in [1.82, 2.24) is 4.57 Å². The molecule has 0 amide bonds. The first kappa shape index (κ1) is 25.9. The van der Waals surface area contributed by atoms with Crippen LogP contribution in [0.1, 0.15) is 53.5 Å². The molecule has 0 N–H and O–H groups in total. The van der Waals surface area contributed by atoms with Gasteiger partial charge in [0.05, 0.1) is 12.2 Å². The smallest absolute Gasteiger partial charge is 0.340 e. The maximum absolute atomic E-state index is 13.5. The maximum Gasteiger partial charge on any atom is 0.340 e. The first-order chi connectivity index (χ1) is 18.5. The summed E-state index contributed by atoms with van der Waals surface area (Å²) in [6.45, 7) is 11.9. The summed E-state index contributed by atoms with van der Waals surface area (Å²) in [5, 5.41) is 1.06. The second-order valence-corrected chi connectivity index (χ2v) is 9.53. The molecule has 0 fully saturated rings. The highest BCUT2D eigenvalue weighted by molar-refractivity contribution is 5.99. The van der Waals surface area contributed by atoms with E-state index < -0.39 is 5.60 Å². The lowest BCUT2D eigenvalue weighted by Gasteiger charge is -2.33. The third-order valence-corrected chi connectivity index (χ3v) is 7.69. The van der Waals surface area contributed by atoms with Crippen LogP contribution in [-0.2, 0) is 21.6 Å². The first-order valence-corrected chi connectivity index (χ1v) is 13.4. The van der Waals surface area contributed by atoms with Gasteiger partial charge in [-0.15, -0.1) is 0 Å². The molecule has 1 aliphatic rings. The van der Waals surface area contributed by atoms with Crippen LogP contribution in [0.2, 0.25) is 0 Å². The van der Waals surface area contributed by atoms with Crippen molar-refractivity contribution < 1.29 is 19.0 Å². The fourth-order valence-electron chi connectivity index (χ4n) is 5.96. The van der Waals surface area contributed by atoms with E-state index in [1.165, 1.54) is 0 Å². The Morgan fingerprint density at radius 2 is 1.66 bits per heavy atom. The van der Waals surface area contributed by atoms with Crippen LogP contribution >= 0.6 is 0 Å². The largest absolute Gasteiger partial charge is 0.491 e. The zero-order valence-corrected chi connectivity index (χ0v) is 22.9. The number of para-hydroxylation sites is 1. The monoisotopic (exact) mass is 512 g/mol. The number of benzene rings is 3. The summed E-state index contributed by atoms with van der Waals surface area (Å²) in [5.74, 6) is 0.354. The van der Waals surface area contributed by atoms with E-state index in [1.54, 1.807) is 7.11 Å². The number of aryl methyl sites for hydroxylation is 1. The molecule has 0 saturated heterocycles. The average molecular weight is 513 g/mol. The highest BCUT2D eigenvalue weighted by Gasteiger charge is 2.52. The highest BCUT2D eigenvalue weighted by atomic mass is 16.6. The Bertz CT molecular complexity index is 1470. The minimum Gasteiger partial charge on any atom is -0.491 e. The van der Waals surface area contributed by atoms with Crippen molar-refractivity contribution in [2.24, 2.45) is 0 Å². The second-order valence-electron chi connectivity index (χ2n) is 9.53. The van der Waals surface area contributed by atoms with Crippen LogP contribution in [0.15, 0.2) is 66.7 Å². The van der Waals surface area contributed by atoms with Gasteiger partial charge in [-0.2, -0.15) is 0 Å². The average Bonchev–Trinajstić information content (AvgIpc) is 3.40. The third-order valence-electron chi connectivity index (χ3n) is 7.69. The summed E-state index contributed by atoms with van der Waals surface area (Å²) in [6, 6.07) is 22.3. The Kier molecular flexibility index (Phi) is 7.17. The third kappa shape index (κ3) is 3.95. The summed E-state index contributed by atoms with van der Waals surface area (Å²) in [7, 11) is 1.66. The van der Waals surface area contributed by atoms with E-state index in [-0.39, 0.29) is 5.97 Å². The second kappa shape index (κ2) is 10.5. The summed E-state index contributed by atoms with van der Waals surface area (Å²) < 4.78 is 20.6. The van der Waals surface area contributed by atoms with Crippen molar-refractivity contribution in [3.05, 3.63) is 94.7 Å². The number of carbonyl (C=O) groups excluding carboxylic acids is 1. The lowest BCUT2D eigenvalue weighted by atomic mass is 9.78. The van der Waals surface area contributed by atoms with E-state index in [4.69, 9.17) is 14.2 Å². The number of hydrogen-bond acceptors (Lipinski definition) is 5. The molecule has 6 heteroatoms. The van der Waals surface area contributed by atoms with E-state index >= 15 is 0 Å². The van der Waals surface area contributed by atoms with E-state index in [2.05, 4.69) is 73.6 Å². The Hall–Kier alpha value is -3.77. The van der Waals surface area contributed by atoms with Crippen molar-refractivity contribution in [1.29, 1.82) is 0 Å². The molecule has 1 unspecified atom stereocenters. The van der Waals surface area contributed by atoms with E-state index in [9.17, 15) is 4.79 Å². The van der Waals surface area contributed by atoms with E-state index in [0.29, 0.717) is 24.5 Å². The van der Waals surface area contributed by atoms with Gasteiger partial charge in [-0.1, -0.05) is 36.4 Å². The topological polar surface area (TPSA) is 52.9 Å². The molecular formula is C32H36N2O4. The van der Waals surface area contributed by atoms with Gasteiger partial charge >= 0.3 is 5.97 Å². The molecular weight excluding hydrogens is 476 g/mol. The number of anilines is 1. The lowest BCUT2D eigenvalue weighted by molar-refractivity contribution is 0.0243. The van der Waals surface area contributed by atoms with Gasteiger partial charge in [-0.25, -0.2) is 4.79 Å². The van der Waals surface area contributed by atoms with Gasteiger partial charge in [0.1, 0.15) is 12.4 Å². The fraction of sp³-hybridized carbons (Fsp3) is 0.344. The van der Waals surface area contributed by atoms with Crippen molar-refractivity contribution >= 4 is 22.6 Å². The molecule has 1 atom stereocenters. The van der Waals surface area contributed by atoms with Crippen molar-refractivity contribution in [2.75, 3.05) is 38.3 Å². The first-order valence-electron chi connectivity index (χ1n) is 13.4. The lowest BCUT2D eigenvalue weighted by Crippen LogP contribution is -2.31. The number of nitrogens with zero attached hydrogens (tertiary/aromatic N) is 2. The van der Waals surface area contributed by atoms with Crippen molar-refractivity contribution in [3.63, 3.8) is 0 Å². The zero-order chi connectivity index (χ0) is 26.9. The van der Waals surface area contributed by atoms with Gasteiger partial charge in [-0.05, 0) is 52.0 Å². The molecule has 0 aliphatic carbocycles. The number of esters is 1. The normalized spacial score (nSPS) is 16.5. The molecule has 1 aromatic heterocycles. The number of ether oxygens (including phenoxy) is 3. The quantitative estimate of drug-likeness (QED) is 0.184. The Labute approximate surface area is 224 Å². The van der Waals surface area contributed by atoms with Gasteiger partial charge in [0.15, 0.2) is 5.60 Å². The number of hydrogen-bond donors (Lipinski definition) is 0. The van der Waals surface area contributed by atoms with Crippen LogP contribution in [0, 0.1) is 6.92 Å². The number of cyclic esters (lactones) is 1. The van der Waals surface area contributed by atoms with E-state index in [1.807, 2.05) is 30.3 Å². The van der Waals surface area contributed by atoms with Crippen molar-refractivity contribution in [3.8, 4) is 5.75 Å². The van der Waals surface area contributed by atoms with Crippen LogP contribution in [0.5, 0.6) is 5.75 Å². The predicted molar refractivity (Wildman–Crippen MR) is 151 cm³/mol. The van der Waals surface area contributed by atoms with Crippen LogP contribution in [0.3, 0.4) is 0 Å². The van der Waals surface area contributed by atoms with Gasteiger partial charge in [0.2, 0.25) is 0 Å². The number of methoxy groups -OCH3 is 1. The molecule has 5 rings (SSSR count). The van der Waals surface area contributed by atoms with Gasteiger partial charge in [0, 0.05) is 71.8 Å². The van der Waals surface area contributed by atoms with Crippen LogP contribution in [0.4, 0.5) is 5.69 Å². The van der Waals surface area contributed by atoms with Gasteiger partial charge in [-0.3, -0.25) is 0 Å². The van der Waals surface area contributed by atoms with Crippen LogP contribution < -0.4 is 9.64 Å². The van der Waals surface area contributed by atoms with Gasteiger partial charge < -0.3 is 23.7 Å². The SMILES string of the molecule is CCN(CC)c1ccc(C2(c3c(C)n(CC)c4ccccc34)OC(=O)c3ccccc32)c(OCCOC)c1. The van der Waals surface area contributed by atoms with E-state index in [0.717, 1.165) is 58.6 Å². The fourth-order valence-corrected chi connectivity index (χ4v) is 5.96. The van der Waals surface area contributed by atoms with Crippen molar-refractivity contribution in [2.45, 2.75) is 39.8 Å². The molecule has 38 heavy (non-hydrogen) atoms. The summed E-state index contributed by atoms with van der Waals surface area (Å²) in [5.41, 5.74) is 5.27. The summed E-state index contributed by atoms with van der Waals surface area (Å²) in [6.07, 6.45) is 0. The molecule has 0 saturated carbocycles. The maximum atomic E-state index is 13.5. The Morgan fingerprint density at radius 3 is 2.39 bits per heavy atom. The molecule has 2 heterocycles. The standard InChI is InChI=1S/C32H36N2O4/c1-6-33(7-2)23-17-18-27(29(21-23)37-20-19-36-5)32(26-15-11-9-13-24(26)31(35)38-32)30-22(4)34(8-3)28-16-12-10-14-25(28)30/h9-18,21H,6-8,19-20H2,1-5H3. The molecule has 3 aromatic carbocycles. The summed E-state index contributed by atoms with van der Waals surface area (Å²) >= 11 is 0. The molecule has 0 spiro atoms. The predicted octanol–water partition coefficient (Wildman–Crippen LogP) is 6.30. The molecule has 6 nitrogen and oxygen atoms in total. The van der Waals surface area contributed by atoms with Crippen LogP contribution in [-0.4, -0.2) is 43.9 Å². The molecule has 0 bridgehead atoms. The van der Waals surface area contributed by atoms with Gasteiger partial charge in [0.25, 0.3) is 0 Å². The Balaban J connectivity index is 1.87. The minimum absolute atomic E-state index is 0.330. The molecule has 0 radical (unpaired) electrons. The van der Waals surface area contributed by atoms with Crippen LogP contribution in [0.25, 0.3) is 10.9 Å². The number of fused-ring (bicyclic) bond motifs is 2. The minimum atomic E-state index is -1.16. The highest BCUT2D eigenvalue weighted by Crippen LogP contribution is 2.53. The number of aromatic nitrogens is 1. The molecule has 1 aliphatic heterocycles. The zero-order valence-electron chi connectivity index (χ0n) is 22.9.